The first-order valence-electron chi connectivity index (χ1n) is 11.7. The van der Waals surface area contributed by atoms with Gasteiger partial charge >= 0.3 is 5.82 Å². The molecule has 0 saturated heterocycles. The van der Waals surface area contributed by atoms with Crippen LogP contribution in [0.2, 0.25) is 0 Å². The Balaban J connectivity index is 0.00000380. The predicted octanol–water partition coefficient (Wildman–Crippen LogP) is 1.42. The van der Waals surface area contributed by atoms with E-state index in [4.69, 9.17) is 9.84 Å². The normalized spacial score (nSPS) is 10.7. The van der Waals surface area contributed by atoms with Crippen LogP contribution in [0.25, 0.3) is 11.4 Å². The van der Waals surface area contributed by atoms with E-state index in [-0.39, 0.29) is 29.2 Å². The second-order valence-electron chi connectivity index (χ2n) is 8.94. The van der Waals surface area contributed by atoms with Crippen LogP contribution in [0.4, 0.5) is 11.4 Å². The van der Waals surface area contributed by atoms with Crippen LogP contribution in [0.1, 0.15) is 21.6 Å². The maximum absolute atomic E-state index is 13.1. The molecular weight excluding hydrogens is 530 g/mol. The van der Waals surface area contributed by atoms with Gasteiger partial charge < -0.3 is 31.5 Å². The van der Waals surface area contributed by atoms with E-state index in [0.29, 0.717) is 5.56 Å². The van der Waals surface area contributed by atoms with Gasteiger partial charge in [-0.25, -0.2) is 4.98 Å². The first-order valence-corrected chi connectivity index (χ1v) is 11.7. The molecule has 0 atom stereocenters. The van der Waals surface area contributed by atoms with Gasteiger partial charge in [-0.2, -0.15) is 0 Å². The fourth-order valence-corrected chi connectivity index (χ4v) is 3.82. The number of aromatic amines is 1. The molecular formula is C29H32BrN5O2. The van der Waals surface area contributed by atoms with Gasteiger partial charge in [0.15, 0.2) is 11.5 Å². The number of benzene rings is 3. The van der Waals surface area contributed by atoms with Crippen molar-refractivity contribution in [2.45, 2.75) is 6.42 Å². The van der Waals surface area contributed by atoms with E-state index in [0.717, 1.165) is 39.8 Å². The van der Waals surface area contributed by atoms with Crippen molar-refractivity contribution in [2.24, 2.45) is 5.10 Å². The third kappa shape index (κ3) is 6.65. The summed E-state index contributed by atoms with van der Waals surface area (Å²) in [7, 11) is 9.62. The number of nitrogens with one attached hydrogen (secondary N) is 1. The highest BCUT2D eigenvalue weighted by Gasteiger charge is 2.22. The molecule has 4 rings (SSSR count). The first-order chi connectivity index (χ1) is 17.4. The molecule has 0 saturated carbocycles. The molecule has 0 unspecified atom stereocenters. The van der Waals surface area contributed by atoms with Crippen LogP contribution < -0.4 is 36.2 Å². The summed E-state index contributed by atoms with van der Waals surface area (Å²) in [6, 6.07) is 23.5. The number of nitrogens with zero attached hydrogens (tertiary/aromatic N) is 4. The minimum atomic E-state index is 0. The highest BCUT2D eigenvalue weighted by Crippen LogP contribution is 2.20. The van der Waals surface area contributed by atoms with Crippen molar-refractivity contribution >= 4 is 23.4 Å². The largest absolute Gasteiger partial charge is 1.00 e. The Morgan fingerprint density at radius 3 is 2.00 bits per heavy atom. The van der Waals surface area contributed by atoms with Crippen molar-refractivity contribution in [2.75, 3.05) is 45.1 Å². The summed E-state index contributed by atoms with van der Waals surface area (Å²) in [5, 5.41) is 4.77. The number of anilines is 2. The quantitative estimate of drug-likeness (QED) is 0.191. The average molecular weight is 563 g/mol. The fraction of sp³-hybridized carbons (Fsp3) is 0.207. The van der Waals surface area contributed by atoms with Gasteiger partial charge in [0.05, 0.1) is 25.3 Å². The number of aromatic nitrogens is 2. The van der Waals surface area contributed by atoms with Gasteiger partial charge in [-0.15, -0.1) is 0 Å². The molecule has 0 fully saturated rings. The molecule has 0 aliphatic carbocycles. The fourth-order valence-electron chi connectivity index (χ4n) is 3.82. The number of carbonyl (C=O) groups is 1. The maximum atomic E-state index is 13.1. The first kappa shape index (κ1) is 27.7. The third-order valence-corrected chi connectivity index (χ3v) is 6.00. The summed E-state index contributed by atoms with van der Waals surface area (Å²) in [5.41, 5.74) is 5.50. The molecule has 0 spiro atoms. The molecule has 0 amide bonds. The van der Waals surface area contributed by atoms with Gasteiger partial charge in [0, 0.05) is 45.1 Å². The lowest BCUT2D eigenvalue weighted by Crippen LogP contribution is -3.00. The van der Waals surface area contributed by atoms with Crippen LogP contribution in [0.5, 0.6) is 5.75 Å². The highest BCUT2D eigenvalue weighted by atomic mass is 79.9. The standard InChI is InChI=1S/C29H31N5O2.BrH/c1-32(2)24-12-6-21(7-13-24)19-31-34-26(18-28(35)22-8-14-25(15-9-22)33(3)4)20-30-29(34)23-10-16-27(36-5)17-11-23;/h6-17,19-20H,18H2,1-5H3;1H. The molecule has 0 bridgehead atoms. The Labute approximate surface area is 228 Å². The lowest BCUT2D eigenvalue weighted by Gasteiger charge is -2.12. The Morgan fingerprint density at radius 1 is 0.892 bits per heavy atom. The number of ether oxygens (including phenoxy) is 1. The van der Waals surface area contributed by atoms with Gasteiger partial charge in [0.25, 0.3) is 0 Å². The molecule has 4 aromatic rings. The van der Waals surface area contributed by atoms with Crippen LogP contribution in [0.3, 0.4) is 0 Å². The van der Waals surface area contributed by atoms with Crippen molar-refractivity contribution in [3.63, 3.8) is 0 Å². The Bertz CT molecular complexity index is 1340. The Hall–Kier alpha value is -3.91. The summed E-state index contributed by atoms with van der Waals surface area (Å²) >= 11 is 0. The van der Waals surface area contributed by atoms with Gasteiger partial charge in [-0.05, 0) is 66.2 Å². The van der Waals surface area contributed by atoms with E-state index in [1.54, 1.807) is 18.0 Å². The highest BCUT2D eigenvalue weighted by molar-refractivity contribution is 5.97. The summed E-state index contributed by atoms with van der Waals surface area (Å²) in [6.45, 7) is 0. The predicted molar refractivity (Wildman–Crippen MR) is 146 cm³/mol. The van der Waals surface area contributed by atoms with E-state index in [1.165, 1.54) is 0 Å². The van der Waals surface area contributed by atoms with Crippen LogP contribution in [-0.2, 0) is 6.42 Å². The third-order valence-electron chi connectivity index (χ3n) is 6.00. The molecule has 0 radical (unpaired) electrons. The number of carbonyl (C=O) groups excluding carboxylic acids is 1. The summed E-state index contributed by atoms with van der Waals surface area (Å²) in [4.78, 5) is 20.5. The molecule has 37 heavy (non-hydrogen) atoms. The van der Waals surface area contributed by atoms with Crippen LogP contribution >= 0.6 is 0 Å². The number of hydrogen-bond acceptors (Lipinski definition) is 5. The number of imidazole rings is 1. The molecule has 192 valence electrons. The molecule has 1 aromatic heterocycles. The number of methoxy groups -OCH3 is 1. The minimum Gasteiger partial charge on any atom is -1.00 e. The number of ketones is 1. The van der Waals surface area contributed by atoms with E-state index in [1.807, 2.05) is 100.0 Å². The number of hydrogen-bond donors (Lipinski definition) is 1. The second-order valence-corrected chi connectivity index (χ2v) is 8.94. The van der Waals surface area contributed by atoms with Crippen LogP contribution in [0.15, 0.2) is 84.1 Å². The van der Waals surface area contributed by atoms with E-state index >= 15 is 0 Å². The number of H-pyrrole nitrogens is 1. The lowest BCUT2D eigenvalue weighted by atomic mass is 10.1. The van der Waals surface area contributed by atoms with Crippen LogP contribution in [-0.4, -0.2) is 52.3 Å². The topological polar surface area (TPSA) is 64.8 Å². The molecule has 1 N–H and O–H groups in total. The zero-order valence-electron chi connectivity index (χ0n) is 21.8. The van der Waals surface area contributed by atoms with Crippen molar-refractivity contribution < 1.29 is 31.2 Å². The molecule has 0 aliphatic rings. The molecule has 8 heteroatoms. The van der Waals surface area contributed by atoms with Gasteiger partial charge in [-0.1, -0.05) is 21.9 Å². The lowest BCUT2D eigenvalue weighted by molar-refractivity contribution is -0.672. The SMILES string of the molecule is COc1ccc(-c2[nH]cc(CC(=O)c3ccc(N(C)C)cc3)[n+]2N=Cc2ccc(N(C)C)cc2)cc1.[Br-]. The summed E-state index contributed by atoms with van der Waals surface area (Å²) in [5.74, 6) is 1.59. The molecule has 7 nitrogen and oxygen atoms in total. The smallest absolute Gasteiger partial charge is 0.312 e. The zero-order chi connectivity index (χ0) is 25.7. The molecule has 1 heterocycles. The Kier molecular flexibility index (Phi) is 9.25. The van der Waals surface area contributed by atoms with Gasteiger partial charge in [0.2, 0.25) is 0 Å². The van der Waals surface area contributed by atoms with E-state index in [2.05, 4.69) is 22.0 Å². The van der Waals surface area contributed by atoms with Gasteiger partial charge in [0.1, 0.15) is 11.9 Å². The molecule has 3 aromatic carbocycles. The maximum Gasteiger partial charge on any atom is 0.312 e. The van der Waals surface area contributed by atoms with Crippen molar-refractivity contribution in [1.82, 2.24) is 4.98 Å². The second kappa shape index (κ2) is 12.4. The summed E-state index contributed by atoms with van der Waals surface area (Å²) in [6.07, 6.45) is 3.86. The summed E-state index contributed by atoms with van der Waals surface area (Å²) < 4.78 is 7.10. The van der Waals surface area contributed by atoms with Crippen molar-refractivity contribution in [3.8, 4) is 17.1 Å². The Morgan fingerprint density at radius 2 is 1.46 bits per heavy atom. The van der Waals surface area contributed by atoms with Crippen molar-refractivity contribution in [3.05, 3.63) is 95.8 Å². The zero-order valence-corrected chi connectivity index (χ0v) is 23.4. The van der Waals surface area contributed by atoms with E-state index < -0.39 is 0 Å². The van der Waals surface area contributed by atoms with Crippen LogP contribution in [0, 0.1) is 0 Å². The average Bonchev–Trinajstić information content (AvgIpc) is 3.29. The van der Waals surface area contributed by atoms with E-state index in [9.17, 15) is 4.79 Å². The molecule has 0 aliphatic heterocycles. The number of Topliss-reactive ketones (excluding diaryl/α,β-unsaturated/α-hetero) is 1. The number of halogens is 1. The van der Waals surface area contributed by atoms with Crippen molar-refractivity contribution in [1.29, 1.82) is 0 Å². The minimum absolute atomic E-state index is 0. The monoisotopic (exact) mass is 561 g/mol. The number of rotatable bonds is 9. The van der Waals surface area contributed by atoms with Gasteiger partial charge in [-0.3, -0.25) is 4.79 Å².